The van der Waals surface area contributed by atoms with Gasteiger partial charge in [-0.1, -0.05) is 15.9 Å². The average molecular weight is 293 g/mol. The van der Waals surface area contributed by atoms with E-state index in [1.807, 2.05) is 18.2 Å². The highest BCUT2D eigenvalue weighted by atomic mass is 79.9. The van der Waals surface area contributed by atoms with E-state index < -0.39 is 0 Å². The maximum atomic E-state index is 5.59. The summed E-state index contributed by atoms with van der Waals surface area (Å²) in [6.07, 6.45) is 0.989. The molecule has 0 aromatic heterocycles. The monoisotopic (exact) mass is 291 g/mol. The smallest absolute Gasteiger partial charge is 0.119 e. The van der Waals surface area contributed by atoms with Crippen LogP contribution in [0.25, 0.3) is 0 Å². The Labute approximate surface area is 104 Å². The fourth-order valence-corrected chi connectivity index (χ4v) is 1.75. The van der Waals surface area contributed by atoms with Crippen LogP contribution in [0.2, 0.25) is 0 Å². The molecule has 1 rings (SSSR count). The van der Waals surface area contributed by atoms with Crippen LogP contribution in [-0.2, 0) is 6.54 Å². The molecule has 0 aliphatic rings. The number of hydrogen-bond donors (Lipinski definition) is 1. The van der Waals surface area contributed by atoms with Gasteiger partial charge in [0.1, 0.15) is 5.75 Å². The van der Waals surface area contributed by atoms with Gasteiger partial charge in [0.05, 0.1) is 7.11 Å². The number of benzene rings is 1. The van der Waals surface area contributed by atoms with E-state index in [0.717, 1.165) is 29.7 Å². The van der Waals surface area contributed by atoms with E-state index in [2.05, 4.69) is 21.2 Å². The van der Waals surface area contributed by atoms with E-state index >= 15 is 0 Å². The van der Waals surface area contributed by atoms with Crippen molar-refractivity contribution in [2.75, 3.05) is 19.5 Å². The summed E-state index contributed by atoms with van der Waals surface area (Å²) in [5.74, 6) is 1.58. The quantitative estimate of drug-likeness (QED) is 0.642. The minimum absolute atomic E-state index is 0.701. The SMILES string of the molecule is COc1ccc(Br)c(CNCCCCl)c1. The zero-order valence-electron chi connectivity index (χ0n) is 8.72. The van der Waals surface area contributed by atoms with Gasteiger partial charge in [-0.15, -0.1) is 11.6 Å². The second-order valence-corrected chi connectivity index (χ2v) is 4.41. The maximum Gasteiger partial charge on any atom is 0.119 e. The molecule has 0 atom stereocenters. The Balaban J connectivity index is 2.51. The number of alkyl halides is 1. The van der Waals surface area contributed by atoms with Crippen LogP contribution in [0.1, 0.15) is 12.0 Å². The lowest BCUT2D eigenvalue weighted by Crippen LogP contribution is -2.15. The first kappa shape index (κ1) is 12.8. The van der Waals surface area contributed by atoms with E-state index in [-0.39, 0.29) is 0 Å². The fourth-order valence-electron chi connectivity index (χ4n) is 1.23. The van der Waals surface area contributed by atoms with Crippen LogP contribution in [0.15, 0.2) is 22.7 Å². The van der Waals surface area contributed by atoms with E-state index in [1.54, 1.807) is 7.11 Å². The molecule has 84 valence electrons. The summed E-state index contributed by atoms with van der Waals surface area (Å²) in [7, 11) is 1.67. The Morgan fingerprint density at radius 2 is 2.27 bits per heavy atom. The highest BCUT2D eigenvalue weighted by molar-refractivity contribution is 9.10. The molecule has 0 saturated heterocycles. The van der Waals surface area contributed by atoms with Gasteiger partial charge >= 0.3 is 0 Å². The molecule has 0 saturated carbocycles. The van der Waals surface area contributed by atoms with Gasteiger partial charge in [0, 0.05) is 16.9 Å². The third-order valence-corrected chi connectivity index (χ3v) is 3.10. The molecule has 0 aliphatic heterocycles. The zero-order chi connectivity index (χ0) is 11.1. The number of hydrogen-bond acceptors (Lipinski definition) is 2. The van der Waals surface area contributed by atoms with Gasteiger partial charge in [-0.05, 0) is 36.7 Å². The first-order valence-corrected chi connectivity index (χ1v) is 6.19. The van der Waals surface area contributed by atoms with Crippen molar-refractivity contribution < 1.29 is 4.74 Å². The summed E-state index contributed by atoms with van der Waals surface area (Å²) in [6.45, 7) is 1.77. The number of methoxy groups -OCH3 is 1. The zero-order valence-corrected chi connectivity index (χ0v) is 11.1. The standard InChI is InChI=1S/C11H15BrClNO/c1-15-10-3-4-11(12)9(7-10)8-14-6-2-5-13/h3-4,7,14H,2,5-6,8H2,1H3. The summed E-state index contributed by atoms with van der Waals surface area (Å²) in [5.41, 5.74) is 1.20. The van der Waals surface area contributed by atoms with Crippen LogP contribution >= 0.6 is 27.5 Å². The molecular weight excluding hydrogens is 277 g/mol. The minimum atomic E-state index is 0.701. The molecule has 1 aromatic rings. The van der Waals surface area contributed by atoms with E-state index in [9.17, 15) is 0 Å². The number of nitrogens with one attached hydrogen (secondary N) is 1. The molecule has 15 heavy (non-hydrogen) atoms. The van der Waals surface area contributed by atoms with Crippen molar-refractivity contribution in [2.24, 2.45) is 0 Å². The first-order chi connectivity index (χ1) is 7.27. The van der Waals surface area contributed by atoms with Crippen molar-refractivity contribution in [2.45, 2.75) is 13.0 Å². The Morgan fingerprint density at radius 1 is 1.47 bits per heavy atom. The predicted octanol–water partition coefficient (Wildman–Crippen LogP) is 3.18. The van der Waals surface area contributed by atoms with Gasteiger partial charge < -0.3 is 10.1 Å². The van der Waals surface area contributed by atoms with Crippen molar-refractivity contribution in [3.63, 3.8) is 0 Å². The van der Waals surface area contributed by atoms with Gasteiger partial charge in [-0.3, -0.25) is 0 Å². The van der Waals surface area contributed by atoms with Crippen LogP contribution < -0.4 is 10.1 Å². The molecule has 0 spiro atoms. The molecule has 0 heterocycles. The lowest BCUT2D eigenvalue weighted by atomic mass is 10.2. The first-order valence-electron chi connectivity index (χ1n) is 4.87. The van der Waals surface area contributed by atoms with E-state index in [4.69, 9.17) is 16.3 Å². The van der Waals surface area contributed by atoms with E-state index in [1.165, 1.54) is 5.56 Å². The highest BCUT2D eigenvalue weighted by Crippen LogP contribution is 2.22. The molecule has 0 radical (unpaired) electrons. The van der Waals surface area contributed by atoms with Crippen molar-refractivity contribution in [3.05, 3.63) is 28.2 Å². The molecule has 4 heteroatoms. The molecule has 0 unspecified atom stereocenters. The molecule has 0 fully saturated rings. The van der Waals surface area contributed by atoms with Crippen molar-refractivity contribution in [1.29, 1.82) is 0 Å². The highest BCUT2D eigenvalue weighted by Gasteiger charge is 2.01. The Bertz CT molecular complexity index is 307. The average Bonchev–Trinajstić information content (AvgIpc) is 2.26. The molecule has 2 nitrogen and oxygen atoms in total. The summed E-state index contributed by atoms with van der Waals surface area (Å²) < 4.78 is 6.27. The molecule has 0 bridgehead atoms. The van der Waals surface area contributed by atoms with Crippen LogP contribution in [0.5, 0.6) is 5.75 Å². The normalized spacial score (nSPS) is 10.3. The summed E-state index contributed by atoms with van der Waals surface area (Å²) in [6, 6.07) is 5.96. The van der Waals surface area contributed by atoms with Gasteiger partial charge in [0.2, 0.25) is 0 Å². The van der Waals surface area contributed by atoms with Gasteiger partial charge in [0.15, 0.2) is 0 Å². The van der Waals surface area contributed by atoms with Gasteiger partial charge in [-0.25, -0.2) is 0 Å². The fraction of sp³-hybridized carbons (Fsp3) is 0.455. The molecule has 0 amide bonds. The second kappa shape index (κ2) is 7.09. The van der Waals surface area contributed by atoms with Gasteiger partial charge in [0.25, 0.3) is 0 Å². The topological polar surface area (TPSA) is 21.3 Å². The third kappa shape index (κ3) is 4.41. The lowest BCUT2D eigenvalue weighted by Gasteiger charge is -2.08. The maximum absolute atomic E-state index is 5.59. The summed E-state index contributed by atoms with van der Waals surface area (Å²) in [5, 5.41) is 3.32. The molecular formula is C11H15BrClNO. The Hall–Kier alpha value is -0.250. The number of rotatable bonds is 6. The van der Waals surface area contributed by atoms with Crippen molar-refractivity contribution in [1.82, 2.24) is 5.32 Å². The second-order valence-electron chi connectivity index (χ2n) is 3.18. The van der Waals surface area contributed by atoms with Crippen molar-refractivity contribution >= 4 is 27.5 Å². The summed E-state index contributed by atoms with van der Waals surface area (Å²) in [4.78, 5) is 0. The lowest BCUT2D eigenvalue weighted by molar-refractivity contribution is 0.414. The van der Waals surface area contributed by atoms with Crippen LogP contribution in [0.4, 0.5) is 0 Å². The predicted molar refractivity (Wildman–Crippen MR) is 67.7 cm³/mol. The molecule has 1 N–H and O–H groups in total. The number of halogens is 2. The largest absolute Gasteiger partial charge is 0.497 e. The molecule has 1 aromatic carbocycles. The van der Waals surface area contributed by atoms with E-state index in [0.29, 0.717) is 5.88 Å². The summed E-state index contributed by atoms with van der Waals surface area (Å²) >= 11 is 9.10. The van der Waals surface area contributed by atoms with Crippen LogP contribution in [-0.4, -0.2) is 19.5 Å². The van der Waals surface area contributed by atoms with Crippen LogP contribution in [0.3, 0.4) is 0 Å². The van der Waals surface area contributed by atoms with Crippen LogP contribution in [0, 0.1) is 0 Å². The Kier molecular flexibility index (Phi) is 6.06. The van der Waals surface area contributed by atoms with Gasteiger partial charge in [-0.2, -0.15) is 0 Å². The minimum Gasteiger partial charge on any atom is -0.497 e. The Morgan fingerprint density at radius 3 is 2.93 bits per heavy atom. The van der Waals surface area contributed by atoms with Crippen molar-refractivity contribution in [3.8, 4) is 5.75 Å². The third-order valence-electron chi connectivity index (χ3n) is 2.06. The molecule has 0 aliphatic carbocycles. The number of ether oxygens (including phenoxy) is 1.